The Morgan fingerprint density at radius 3 is 2.38 bits per heavy atom. The standard InChI is InChI=1S/C15H23N3O5S/c1-11-5-6-12(9-13(11)24(22,23)17(2)3)16-14(19)10-18(4)8-7-15(20)21/h5-6,9H,7-8,10H2,1-4H3,(H,16,19)(H,20,21). The summed E-state index contributed by atoms with van der Waals surface area (Å²) in [6, 6.07) is 4.67. The Hall–Kier alpha value is -1.97. The van der Waals surface area contributed by atoms with E-state index in [-0.39, 0.29) is 30.3 Å². The molecular weight excluding hydrogens is 334 g/mol. The van der Waals surface area contributed by atoms with Crippen LogP contribution in [-0.2, 0) is 19.6 Å². The first-order valence-corrected chi connectivity index (χ1v) is 8.71. The monoisotopic (exact) mass is 357 g/mol. The summed E-state index contributed by atoms with van der Waals surface area (Å²) in [6.07, 6.45) is -0.0560. The van der Waals surface area contributed by atoms with Gasteiger partial charge < -0.3 is 10.4 Å². The van der Waals surface area contributed by atoms with E-state index >= 15 is 0 Å². The molecule has 0 unspecified atom stereocenters. The molecule has 0 aliphatic carbocycles. The number of carbonyl (C=O) groups is 2. The Bertz CT molecular complexity index is 716. The lowest BCUT2D eigenvalue weighted by atomic mass is 10.2. The minimum absolute atomic E-state index is 0.0108. The molecule has 1 aromatic rings. The number of nitrogens with one attached hydrogen (secondary N) is 1. The number of aliphatic carboxylic acids is 1. The van der Waals surface area contributed by atoms with Gasteiger partial charge in [-0.25, -0.2) is 12.7 Å². The summed E-state index contributed by atoms with van der Waals surface area (Å²) in [5.41, 5.74) is 0.956. The molecular formula is C15H23N3O5S. The van der Waals surface area contributed by atoms with Crippen molar-refractivity contribution < 1.29 is 23.1 Å². The Morgan fingerprint density at radius 2 is 1.83 bits per heavy atom. The molecule has 0 saturated heterocycles. The summed E-state index contributed by atoms with van der Waals surface area (Å²) < 4.78 is 25.6. The Morgan fingerprint density at radius 1 is 1.21 bits per heavy atom. The predicted octanol–water partition coefficient (Wildman–Crippen LogP) is 0.590. The topological polar surface area (TPSA) is 107 Å². The van der Waals surface area contributed by atoms with Gasteiger partial charge in [-0.15, -0.1) is 0 Å². The molecule has 0 aromatic heterocycles. The number of anilines is 1. The van der Waals surface area contributed by atoms with Crippen LogP contribution in [0.5, 0.6) is 0 Å². The zero-order valence-corrected chi connectivity index (χ0v) is 15.1. The van der Waals surface area contributed by atoms with Crippen LogP contribution in [-0.4, -0.2) is 68.8 Å². The van der Waals surface area contributed by atoms with Crippen molar-refractivity contribution in [3.8, 4) is 0 Å². The van der Waals surface area contributed by atoms with Crippen molar-refractivity contribution in [3.63, 3.8) is 0 Å². The van der Waals surface area contributed by atoms with Crippen LogP contribution in [0.4, 0.5) is 5.69 Å². The number of carbonyl (C=O) groups excluding carboxylic acids is 1. The van der Waals surface area contributed by atoms with Crippen LogP contribution in [0.3, 0.4) is 0 Å². The van der Waals surface area contributed by atoms with Crippen LogP contribution in [0.25, 0.3) is 0 Å². The van der Waals surface area contributed by atoms with Crippen molar-refractivity contribution in [2.75, 3.05) is 39.5 Å². The molecule has 0 radical (unpaired) electrons. The van der Waals surface area contributed by atoms with Crippen LogP contribution in [0.15, 0.2) is 23.1 Å². The molecule has 0 fully saturated rings. The minimum Gasteiger partial charge on any atom is -0.481 e. The number of aryl methyl sites for hydroxylation is 1. The zero-order valence-electron chi connectivity index (χ0n) is 14.2. The number of hydrogen-bond acceptors (Lipinski definition) is 5. The zero-order chi connectivity index (χ0) is 18.5. The molecule has 0 aliphatic heterocycles. The summed E-state index contributed by atoms with van der Waals surface area (Å²) in [7, 11) is 0.922. The molecule has 0 aliphatic rings. The Kier molecular flexibility index (Phi) is 6.88. The number of likely N-dealkylation sites (N-methyl/N-ethyl adjacent to an activating group) is 1. The molecule has 0 bridgehead atoms. The van der Waals surface area contributed by atoms with Gasteiger partial charge in [-0.05, 0) is 31.7 Å². The number of carboxylic acids is 1. The van der Waals surface area contributed by atoms with E-state index in [1.165, 1.54) is 20.2 Å². The third kappa shape index (κ3) is 5.59. The Balaban J connectivity index is 2.82. The second-order valence-electron chi connectivity index (χ2n) is 5.70. The van der Waals surface area contributed by atoms with E-state index in [0.717, 1.165) is 4.31 Å². The highest BCUT2D eigenvalue weighted by Gasteiger charge is 2.20. The van der Waals surface area contributed by atoms with E-state index in [1.54, 1.807) is 31.0 Å². The van der Waals surface area contributed by atoms with Crippen molar-refractivity contribution in [2.45, 2.75) is 18.2 Å². The average molecular weight is 357 g/mol. The lowest BCUT2D eigenvalue weighted by Gasteiger charge is -2.17. The number of nitrogens with zero attached hydrogens (tertiary/aromatic N) is 2. The third-order valence-electron chi connectivity index (χ3n) is 3.35. The van der Waals surface area contributed by atoms with Gasteiger partial charge in [-0.2, -0.15) is 0 Å². The molecule has 8 nitrogen and oxygen atoms in total. The van der Waals surface area contributed by atoms with Crippen LogP contribution in [0.1, 0.15) is 12.0 Å². The first-order chi connectivity index (χ1) is 11.0. The third-order valence-corrected chi connectivity index (χ3v) is 5.31. The maximum absolute atomic E-state index is 12.3. The molecule has 1 rings (SSSR count). The second-order valence-corrected chi connectivity index (χ2v) is 7.82. The van der Waals surface area contributed by atoms with Crippen LogP contribution < -0.4 is 5.32 Å². The number of amides is 1. The summed E-state index contributed by atoms with van der Waals surface area (Å²) in [5, 5.41) is 11.2. The number of benzene rings is 1. The average Bonchev–Trinajstić information content (AvgIpc) is 2.46. The molecule has 0 heterocycles. The highest BCUT2D eigenvalue weighted by molar-refractivity contribution is 7.89. The highest BCUT2D eigenvalue weighted by atomic mass is 32.2. The predicted molar refractivity (Wildman–Crippen MR) is 90.4 cm³/mol. The van der Waals surface area contributed by atoms with Crippen molar-refractivity contribution in [3.05, 3.63) is 23.8 Å². The van der Waals surface area contributed by atoms with E-state index in [0.29, 0.717) is 11.3 Å². The molecule has 0 saturated carbocycles. The molecule has 1 aromatic carbocycles. The first-order valence-electron chi connectivity index (χ1n) is 7.27. The number of carboxylic acid groups (broad SMARTS) is 1. The van der Waals surface area contributed by atoms with Crippen molar-refractivity contribution in [1.29, 1.82) is 0 Å². The van der Waals surface area contributed by atoms with Gasteiger partial charge in [0.15, 0.2) is 0 Å². The lowest BCUT2D eigenvalue weighted by Crippen LogP contribution is -2.31. The summed E-state index contributed by atoms with van der Waals surface area (Å²) in [4.78, 5) is 24.2. The fraction of sp³-hybridized carbons (Fsp3) is 0.467. The molecule has 134 valence electrons. The van der Waals surface area contributed by atoms with Gasteiger partial charge >= 0.3 is 5.97 Å². The van der Waals surface area contributed by atoms with E-state index < -0.39 is 16.0 Å². The van der Waals surface area contributed by atoms with Crippen molar-refractivity contribution in [2.24, 2.45) is 0 Å². The van der Waals surface area contributed by atoms with Gasteiger partial charge in [0.25, 0.3) is 0 Å². The molecule has 2 N–H and O–H groups in total. The van der Waals surface area contributed by atoms with Gasteiger partial charge in [0.1, 0.15) is 0 Å². The molecule has 9 heteroatoms. The van der Waals surface area contributed by atoms with Gasteiger partial charge in [0.2, 0.25) is 15.9 Å². The van der Waals surface area contributed by atoms with Gasteiger partial charge in [0, 0.05) is 26.3 Å². The van der Waals surface area contributed by atoms with E-state index in [2.05, 4.69) is 5.32 Å². The van der Waals surface area contributed by atoms with Gasteiger partial charge in [-0.1, -0.05) is 6.07 Å². The van der Waals surface area contributed by atoms with Crippen molar-refractivity contribution in [1.82, 2.24) is 9.21 Å². The first kappa shape index (κ1) is 20.1. The van der Waals surface area contributed by atoms with E-state index in [9.17, 15) is 18.0 Å². The van der Waals surface area contributed by atoms with E-state index in [1.807, 2.05) is 0 Å². The van der Waals surface area contributed by atoms with Gasteiger partial charge in [0.05, 0.1) is 17.9 Å². The minimum atomic E-state index is -3.60. The SMILES string of the molecule is Cc1ccc(NC(=O)CN(C)CCC(=O)O)cc1S(=O)(=O)N(C)C. The molecule has 0 spiro atoms. The largest absolute Gasteiger partial charge is 0.481 e. The van der Waals surface area contributed by atoms with Crippen molar-refractivity contribution >= 4 is 27.6 Å². The lowest BCUT2D eigenvalue weighted by molar-refractivity contribution is -0.137. The number of sulfonamides is 1. The molecule has 0 atom stereocenters. The van der Waals surface area contributed by atoms with Gasteiger partial charge in [-0.3, -0.25) is 14.5 Å². The summed E-state index contributed by atoms with van der Waals surface area (Å²) >= 11 is 0. The number of rotatable bonds is 8. The summed E-state index contributed by atoms with van der Waals surface area (Å²) in [5.74, 6) is -1.28. The maximum Gasteiger partial charge on any atom is 0.304 e. The molecule has 1 amide bonds. The maximum atomic E-state index is 12.3. The van der Waals surface area contributed by atoms with Crippen LogP contribution >= 0.6 is 0 Å². The van der Waals surface area contributed by atoms with Crippen LogP contribution in [0, 0.1) is 6.92 Å². The fourth-order valence-corrected chi connectivity index (χ4v) is 3.11. The number of hydrogen-bond donors (Lipinski definition) is 2. The van der Waals surface area contributed by atoms with E-state index in [4.69, 9.17) is 5.11 Å². The quantitative estimate of drug-likeness (QED) is 0.705. The Labute approximate surface area is 142 Å². The molecule has 24 heavy (non-hydrogen) atoms. The summed E-state index contributed by atoms with van der Waals surface area (Å²) in [6.45, 7) is 1.94. The fourth-order valence-electron chi connectivity index (χ4n) is 1.96. The second kappa shape index (κ2) is 8.22. The highest BCUT2D eigenvalue weighted by Crippen LogP contribution is 2.22. The smallest absolute Gasteiger partial charge is 0.304 e. The normalized spacial score (nSPS) is 11.8. The van der Waals surface area contributed by atoms with Crippen LogP contribution in [0.2, 0.25) is 0 Å².